The summed E-state index contributed by atoms with van der Waals surface area (Å²) in [5.74, 6) is 0.267. The number of aromatic hydroxyl groups is 1. The van der Waals surface area contributed by atoms with E-state index in [0.717, 1.165) is 5.56 Å². The summed E-state index contributed by atoms with van der Waals surface area (Å²) in [7, 11) is 3.46. The van der Waals surface area contributed by atoms with Crippen LogP contribution in [0.3, 0.4) is 0 Å². The standard InChI is InChI=1S/C15H15NO3/c1-10(16(2)3)15(18)12-9-11(6-7-13(12)17)14-5-4-8-19-14/h4-9,17H,1H2,2-3H3. The number of ketones is 1. The van der Waals surface area contributed by atoms with Crippen LogP contribution in [-0.2, 0) is 0 Å². The molecule has 1 aromatic carbocycles. The van der Waals surface area contributed by atoms with E-state index in [0.29, 0.717) is 11.5 Å². The zero-order chi connectivity index (χ0) is 14.0. The third-order valence-electron chi connectivity index (χ3n) is 2.85. The Balaban J connectivity index is 2.43. The lowest BCUT2D eigenvalue weighted by Crippen LogP contribution is -2.18. The summed E-state index contributed by atoms with van der Waals surface area (Å²) in [5.41, 5.74) is 1.26. The minimum absolute atomic E-state index is 0.0664. The number of likely N-dealkylation sites (N-methyl/N-ethyl adjacent to an activating group) is 1. The van der Waals surface area contributed by atoms with E-state index in [1.807, 2.05) is 0 Å². The van der Waals surface area contributed by atoms with Gasteiger partial charge >= 0.3 is 0 Å². The van der Waals surface area contributed by atoms with E-state index in [4.69, 9.17) is 4.42 Å². The molecule has 0 bridgehead atoms. The first-order chi connectivity index (χ1) is 9.00. The molecule has 0 unspecified atom stereocenters. The molecule has 0 aliphatic rings. The maximum absolute atomic E-state index is 12.2. The lowest BCUT2D eigenvalue weighted by atomic mass is 10.0. The van der Waals surface area contributed by atoms with Gasteiger partial charge in [0.2, 0.25) is 5.78 Å². The van der Waals surface area contributed by atoms with Gasteiger partial charge in [-0.2, -0.15) is 0 Å². The minimum atomic E-state index is -0.309. The number of hydrogen-bond donors (Lipinski definition) is 1. The summed E-state index contributed by atoms with van der Waals surface area (Å²) in [6.07, 6.45) is 1.56. The zero-order valence-electron chi connectivity index (χ0n) is 10.9. The molecule has 2 rings (SSSR count). The molecular weight excluding hydrogens is 242 g/mol. The van der Waals surface area contributed by atoms with E-state index in [1.165, 1.54) is 6.07 Å². The minimum Gasteiger partial charge on any atom is -0.507 e. The molecule has 0 radical (unpaired) electrons. The summed E-state index contributed by atoms with van der Waals surface area (Å²) in [4.78, 5) is 13.8. The van der Waals surface area contributed by atoms with Crippen molar-refractivity contribution in [2.75, 3.05) is 14.1 Å². The first-order valence-electron chi connectivity index (χ1n) is 5.78. The maximum Gasteiger partial charge on any atom is 0.212 e. The van der Waals surface area contributed by atoms with Crippen molar-refractivity contribution in [2.45, 2.75) is 0 Å². The fourth-order valence-electron chi connectivity index (χ4n) is 1.67. The fraction of sp³-hybridized carbons (Fsp3) is 0.133. The smallest absolute Gasteiger partial charge is 0.212 e. The molecule has 4 heteroatoms. The summed E-state index contributed by atoms with van der Waals surface area (Å²) < 4.78 is 5.28. The molecule has 1 N–H and O–H groups in total. The van der Waals surface area contributed by atoms with Crippen molar-refractivity contribution < 1.29 is 14.3 Å². The molecular formula is C15H15NO3. The van der Waals surface area contributed by atoms with Gasteiger partial charge in [0.15, 0.2) is 0 Å². The summed E-state index contributed by atoms with van der Waals surface area (Å²) in [6, 6.07) is 8.34. The Morgan fingerprint density at radius 2 is 2.05 bits per heavy atom. The van der Waals surface area contributed by atoms with Gasteiger partial charge in [-0.15, -0.1) is 0 Å². The first-order valence-corrected chi connectivity index (χ1v) is 5.78. The van der Waals surface area contributed by atoms with Crippen LogP contribution in [-0.4, -0.2) is 29.9 Å². The molecule has 19 heavy (non-hydrogen) atoms. The Morgan fingerprint density at radius 1 is 1.32 bits per heavy atom. The lowest BCUT2D eigenvalue weighted by Gasteiger charge is -2.15. The van der Waals surface area contributed by atoms with Crippen LogP contribution in [0, 0.1) is 0 Å². The third kappa shape index (κ3) is 2.52. The van der Waals surface area contributed by atoms with Crippen molar-refractivity contribution in [3.63, 3.8) is 0 Å². The van der Waals surface area contributed by atoms with Crippen molar-refractivity contribution >= 4 is 5.78 Å². The predicted molar refractivity (Wildman–Crippen MR) is 73.0 cm³/mol. The molecule has 0 aliphatic heterocycles. The van der Waals surface area contributed by atoms with Crippen molar-refractivity contribution in [1.82, 2.24) is 4.90 Å². The SMILES string of the molecule is C=C(C(=O)c1cc(-c2ccco2)ccc1O)N(C)C. The number of allylic oxidation sites excluding steroid dienone is 1. The average Bonchev–Trinajstić information content (AvgIpc) is 2.91. The number of carbonyl (C=O) groups is 1. The molecule has 0 atom stereocenters. The summed E-state index contributed by atoms with van der Waals surface area (Å²) in [5, 5.41) is 9.82. The van der Waals surface area contributed by atoms with E-state index >= 15 is 0 Å². The van der Waals surface area contributed by atoms with Gasteiger partial charge in [0.1, 0.15) is 11.5 Å². The molecule has 1 heterocycles. The second-order valence-electron chi connectivity index (χ2n) is 4.38. The lowest BCUT2D eigenvalue weighted by molar-refractivity contribution is 0.100. The number of Topliss-reactive ketones (excluding diaryl/α,β-unsaturated/α-hetero) is 1. The van der Waals surface area contributed by atoms with E-state index in [2.05, 4.69) is 6.58 Å². The molecule has 1 aromatic heterocycles. The Kier molecular flexibility index (Phi) is 3.42. The summed E-state index contributed by atoms with van der Waals surface area (Å²) in [6.45, 7) is 3.71. The number of nitrogens with zero attached hydrogens (tertiary/aromatic N) is 1. The second-order valence-corrected chi connectivity index (χ2v) is 4.38. The highest BCUT2D eigenvalue weighted by Gasteiger charge is 2.17. The van der Waals surface area contributed by atoms with Gasteiger partial charge in [-0.05, 0) is 30.3 Å². The number of hydrogen-bond acceptors (Lipinski definition) is 4. The maximum atomic E-state index is 12.2. The van der Waals surface area contributed by atoms with Gasteiger partial charge in [-0.25, -0.2) is 0 Å². The second kappa shape index (κ2) is 5.02. The molecule has 4 nitrogen and oxygen atoms in total. The number of phenols is 1. The molecule has 0 saturated carbocycles. The van der Waals surface area contributed by atoms with Crippen LogP contribution in [0.1, 0.15) is 10.4 Å². The van der Waals surface area contributed by atoms with Crippen LogP contribution in [0.2, 0.25) is 0 Å². The normalized spacial score (nSPS) is 10.2. The number of benzene rings is 1. The monoisotopic (exact) mass is 257 g/mol. The van der Waals surface area contributed by atoms with Crippen molar-refractivity contribution in [2.24, 2.45) is 0 Å². The average molecular weight is 257 g/mol. The van der Waals surface area contributed by atoms with Crippen LogP contribution in [0.25, 0.3) is 11.3 Å². The number of phenolic OH excluding ortho intramolecular Hbond substituents is 1. The van der Waals surface area contributed by atoms with E-state index in [9.17, 15) is 9.90 Å². The third-order valence-corrected chi connectivity index (χ3v) is 2.85. The quantitative estimate of drug-likeness (QED) is 0.676. The van der Waals surface area contributed by atoms with E-state index in [1.54, 1.807) is 49.5 Å². The van der Waals surface area contributed by atoms with Crippen LogP contribution in [0.4, 0.5) is 0 Å². The Morgan fingerprint density at radius 3 is 2.63 bits per heavy atom. The highest BCUT2D eigenvalue weighted by atomic mass is 16.3. The molecule has 0 amide bonds. The van der Waals surface area contributed by atoms with Crippen molar-refractivity contribution in [1.29, 1.82) is 0 Å². The van der Waals surface area contributed by atoms with Gasteiger partial charge < -0.3 is 14.4 Å². The Labute approximate surface area is 111 Å². The van der Waals surface area contributed by atoms with Gasteiger partial charge in [0.05, 0.1) is 17.5 Å². The molecule has 0 saturated heterocycles. The Bertz CT molecular complexity index is 612. The largest absolute Gasteiger partial charge is 0.507 e. The van der Waals surface area contributed by atoms with Crippen molar-refractivity contribution in [3.8, 4) is 17.1 Å². The van der Waals surface area contributed by atoms with Crippen molar-refractivity contribution in [3.05, 3.63) is 54.4 Å². The molecule has 98 valence electrons. The van der Waals surface area contributed by atoms with Crippen LogP contribution >= 0.6 is 0 Å². The fourth-order valence-corrected chi connectivity index (χ4v) is 1.67. The molecule has 2 aromatic rings. The van der Waals surface area contributed by atoms with Gasteiger partial charge in [0.25, 0.3) is 0 Å². The topological polar surface area (TPSA) is 53.7 Å². The first kappa shape index (κ1) is 13.0. The number of carbonyl (C=O) groups excluding carboxylic acids is 1. The number of rotatable bonds is 4. The van der Waals surface area contributed by atoms with Gasteiger partial charge in [-0.3, -0.25) is 4.79 Å². The van der Waals surface area contributed by atoms with E-state index in [-0.39, 0.29) is 17.1 Å². The van der Waals surface area contributed by atoms with Crippen LogP contribution in [0.15, 0.2) is 53.3 Å². The molecule has 0 spiro atoms. The predicted octanol–water partition coefficient (Wildman–Crippen LogP) is 2.91. The summed E-state index contributed by atoms with van der Waals surface area (Å²) >= 11 is 0. The highest BCUT2D eigenvalue weighted by molar-refractivity contribution is 6.10. The zero-order valence-corrected chi connectivity index (χ0v) is 10.9. The van der Waals surface area contributed by atoms with Crippen LogP contribution < -0.4 is 0 Å². The van der Waals surface area contributed by atoms with Gasteiger partial charge in [-0.1, -0.05) is 6.58 Å². The van der Waals surface area contributed by atoms with Crippen LogP contribution in [0.5, 0.6) is 5.75 Å². The molecule has 0 fully saturated rings. The van der Waals surface area contributed by atoms with Gasteiger partial charge in [0, 0.05) is 19.7 Å². The highest BCUT2D eigenvalue weighted by Crippen LogP contribution is 2.27. The Hall–Kier alpha value is -2.49. The number of furan rings is 1. The van der Waals surface area contributed by atoms with E-state index < -0.39 is 0 Å². The molecule has 0 aliphatic carbocycles.